The number of amides is 2. The molecule has 0 saturated carbocycles. The van der Waals surface area contributed by atoms with Gasteiger partial charge in [-0.25, -0.2) is 0 Å². The van der Waals surface area contributed by atoms with Crippen molar-refractivity contribution in [2.24, 2.45) is 5.41 Å². The summed E-state index contributed by atoms with van der Waals surface area (Å²) in [5.41, 5.74) is -0.928. The summed E-state index contributed by atoms with van der Waals surface area (Å²) in [4.78, 5) is 22.6. The van der Waals surface area contributed by atoms with Gasteiger partial charge in [0.15, 0.2) is 0 Å². The highest BCUT2D eigenvalue weighted by Crippen LogP contribution is 2.19. The molecule has 4 N–H and O–H groups in total. The SMILES string of the molecule is CCCNC(=O)/C=C\NC(=O)[C@H](O)C(C)(C)CO. The van der Waals surface area contributed by atoms with Crippen LogP contribution in [0.3, 0.4) is 0 Å². The van der Waals surface area contributed by atoms with Crippen LogP contribution in [0, 0.1) is 5.41 Å². The lowest BCUT2D eigenvalue weighted by atomic mass is 9.87. The van der Waals surface area contributed by atoms with Crippen LogP contribution in [-0.4, -0.2) is 41.3 Å². The fourth-order valence-electron chi connectivity index (χ4n) is 1.03. The molecule has 18 heavy (non-hydrogen) atoms. The van der Waals surface area contributed by atoms with E-state index in [9.17, 15) is 14.7 Å². The van der Waals surface area contributed by atoms with E-state index in [1.165, 1.54) is 12.3 Å². The molecule has 0 fully saturated rings. The molecule has 2 amide bonds. The lowest BCUT2D eigenvalue weighted by molar-refractivity contribution is -0.136. The predicted octanol–water partition coefficient (Wildman–Crippen LogP) is -0.478. The van der Waals surface area contributed by atoms with Gasteiger partial charge in [0.05, 0.1) is 6.61 Å². The molecule has 0 aliphatic carbocycles. The minimum absolute atomic E-state index is 0.312. The highest BCUT2D eigenvalue weighted by atomic mass is 16.3. The molecule has 0 spiro atoms. The molecular weight excluding hydrogens is 236 g/mol. The van der Waals surface area contributed by atoms with Gasteiger partial charge in [0.2, 0.25) is 5.91 Å². The topological polar surface area (TPSA) is 98.7 Å². The molecule has 0 aliphatic rings. The molecule has 0 radical (unpaired) electrons. The molecule has 0 rings (SSSR count). The van der Waals surface area contributed by atoms with Crippen molar-refractivity contribution in [2.75, 3.05) is 13.2 Å². The van der Waals surface area contributed by atoms with Crippen LogP contribution in [0.25, 0.3) is 0 Å². The quantitative estimate of drug-likeness (QED) is 0.464. The Morgan fingerprint density at radius 3 is 2.50 bits per heavy atom. The first-order valence-electron chi connectivity index (χ1n) is 5.88. The summed E-state index contributed by atoms with van der Waals surface area (Å²) >= 11 is 0. The van der Waals surface area contributed by atoms with Crippen LogP contribution < -0.4 is 10.6 Å². The van der Waals surface area contributed by atoms with Crippen molar-refractivity contribution in [2.45, 2.75) is 33.3 Å². The molecule has 6 nitrogen and oxygen atoms in total. The summed E-state index contributed by atoms with van der Waals surface area (Å²) in [6.45, 7) is 5.31. The molecule has 1 atom stereocenters. The van der Waals surface area contributed by atoms with E-state index in [-0.39, 0.29) is 12.5 Å². The Kier molecular flexibility index (Phi) is 7.23. The van der Waals surface area contributed by atoms with E-state index in [2.05, 4.69) is 10.6 Å². The Morgan fingerprint density at radius 1 is 1.39 bits per heavy atom. The van der Waals surface area contributed by atoms with Gasteiger partial charge in [0, 0.05) is 24.2 Å². The van der Waals surface area contributed by atoms with Crippen LogP contribution in [-0.2, 0) is 9.59 Å². The molecule has 0 aliphatic heterocycles. The first kappa shape index (κ1) is 16.6. The van der Waals surface area contributed by atoms with E-state index in [1.54, 1.807) is 13.8 Å². The number of hydrogen-bond donors (Lipinski definition) is 4. The molecule has 0 unspecified atom stereocenters. The molecule has 104 valence electrons. The van der Waals surface area contributed by atoms with Gasteiger partial charge in [-0.15, -0.1) is 0 Å². The zero-order valence-electron chi connectivity index (χ0n) is 11.1. The minimum atomic E-state index is -1.34. The summed E-state index contributed by atoms with van der Waals surface area (Å²) in [5.74, 6) is -0.971. The zero-order chi connectivity index (χ0) is 14.2. The van der Waals surface area contributed by atoms with E-state index >= 15 is 0 Å². The van der Waals surface area contributed by atoms with Crippen LogP contribution in [0.15, 0.2) is 12.3 Å². The van der Waals surface area contributed by atoms with E-state index in [0.717, 1.165) is 6.42 Å². The first-order chi connectivity index (χ1) is 8.35. The number of carbonyl (C=O) groups excluding carboxylic acids is 2. The second kappa shape index (κ2) is 7.84. The second-order valence-corrected chi connectivity index (χ2v) is 4.68. The van der Waals surface area contributed by atoms with Crippen molar-refractivity contribution in [1.82, 2.24) is 10.6 Å². The molecular formula is C12H22N2O4. The van der Waals surface area contributed by atoms with Crippen molar-refractivity contribution in [3.8, 4) is 0 Å². The van der Waals surface area contributed by atoms with Gasteiger partial charge >= 0.3 is 0 Å². The number of nitrogens with one attached hydrogen (secondary N) is 2. The fraction of sp³-hybridized carbons (Fsp3) is 0.667. The van der Waals surface area contributed by atoms with Crippen LogP contribution in [0.2, 0.25) is 0 Å². The minimum Gasteiger partial charge on any atom is -0.396 e. The summed E-state index contributed by atoms with van der Waals surface area (Å²) in [7, 11) is 0. The Labute approximate surface area is 107 Å². The summed E-state index contributed by atoms with van der Waals surface area (Å²) in [5, 5.41) is 23.5. The molecule has 0 saturated heterocycles. The molecule has 0 heterocycles. The smallest absolute Gasteiger partial charge is 0.253 e. The number of aliphatic hydroxyl groups excluding tert-OH is 2. The van der Waals surface area contributed by atoms with Crippen LogP contribution in [0.5, 0.6) is 0 Å². The van der Waals surface area contributed by atoms with E-state index in [0.29, 0.717) is 6.54 Å². The summed E-state index contributed by atoms with van der Waals surface area (Å²) in [6, 6.07) is 0. The lowest BCUT2D eigenvalue weighted by Crippen LogP contribution is -2.44. The van der Waals surface area contributed by atoms with Gasteiger partial charge < -0.3 is 20.8 Å². The van der Waals surface area contributed by atoms with Crippen LogP contribution >= 0.6 is 0 Å². The second-order valence-electron chi connectivity index (χ2n) is 4.68. The van der Waals surface area contributed by atoms with Gasteiger partial charge in [-0.2, -0.15) is 0 Å². The van der Waals surface area contributed by atoms with Gasteiger partial charge in [0.1, 0.15) is 6.10 Å². The number of aliphatic hydroxyl groups is 2. The van der Waals surface area contributed by atoms with Gasteiger partial charge in [-0.3, -0.25) is 9.59 Å². The van der Waals surface area contributed by atoms with Crippen molar-refractivity contribution in [3.63, 3.8) is 0 Å². The van der Waals surface area contributed by atoms with E-state index < -0.39 is 17.4 Å². The molecule has 0 aromatic carbocycles. The lowest BCUT2D eigenvalue weighted by Gasteiger charge is -2.26. The maximum absolute atomic E-state index is 11.5. The number of carbonyl (C=O) groups is 2. The standard InChI is InChI=1S/C12H22N2O4/c1-4-6-13-9(16)5-7-14-11(18)10(17)12(2,3)8-15/h5,7,10,15,17H,4,6,8H2,1-3H3,(H,13,16)(H,14,18)/b7-5-/t10-/m0/s1. The molecule has 6 heteroatoms. The van der Waals surface area contributed by atoms with Crippen molar-refractivity contribution in [1.29, 1.82) is 0 Å². The highest BCUT2D eigenvalue weighted by Gasteiger charge is 2.32. The Morgan fingerprint density at radius 2 is 2.00 bits per heavy atom. The van der Waals surface area contributed by atoms with Crippen molar-refractivity contribution >= 4 is 11.8 Å². The highest BCUT2D eigenvalue weighted by molar-refractivity contribution is 5.88. The Bertz CT molecular complexity index is 313. The van der Waals surface area contributed by atoms with Crippen LogP contribution in [0.4, 0.5) is 0 Å². The van der Waals surface area contributed by atoms with E-state index in [4.69, 9.17) is 5.11 Å². The number of hydrogen-bond acceptors (Lipinski definition) is 4. The maximum Gasteiger partial charge on any atom is 0.253 e. The van der Waals surface area contributed by atoms with Gasteiger partial charge in [-0.1, -0.05) is 20.8 Å². The number of rotatable bonds is 7. The van der Waals surface area contributed by atoms with Gasteiger partial charge in [-0.05, 0) is 6.42 Å². The zero-order valence-corrected chi connectivity index (χ0v) is 11.1. The Balaban J connectivity index is 4.18. The third kappa shape index (κ3) is 5.79. The third-order valence-corrected chi connectivity index (χ3v) is 2.41. The van der Waals surface area contributed by atoms with E-state index in [1.807, 2.05) is 6.92 Å². The fourth-order valence-corrected chi connectivity index (χ4v) is 1.03. The third-order valence-electron chi connectivity index (χ3n) is 2.41. The molecule has 0 aromatic heterocycles. The van der Waals surface area contributed by atoms with Crippen molar-refractivity contribution in [3.05, 3.63) is 12.3 Å². The summed E-state index contributed by atoms with van der Waals surface area (Å²) in [6.07, 6.45) is 1.83. The van der Waals surface area contributed by atoms with Gasteiger partial charge in [0.25, 0.3) is 5.91 Å². The monoisotopic (exact) mass is 258 g/mol. The molecule has 0 bridgehead atoms. The normalized spacial score (nSPS) is 13.4. The Hall–Kier alpha value is -1.40. The largest absolute Gasteiger partial charge is 0.396 e. The maximum atomic E-state index is 11.5. The molecule has 0 aromatic rings. The van der Waals surface area contributed by atoms with Crippen LogP contribution in [0.1, 0.15) is 27.2 Å². The first-order valence-corrected chi connectivity index (χ1v) is 5.88. The average Bonchev–Trinajstić information content (AvgIpc) is 2.35. The van der Waals surface area contributed by atoms with Crippen molar-refractivity contribution < 1.29 is 19.8 Å². The summed E-state index contributed by atoms with van der Waals surface area (Å²) < 4.78 is 0. The predicted molar refractivity (Wildman–Crippen MR) is 67.5 cm³/mol. The average molecular weight is 258 g/mol.